The van der Waals surface area contributed by atoms with E-state index in [2.05, 4.69) is 18.2 Å². The Morgan fingerprint density at radius 1 is 1.20 bits per heavy atom. The fourth-order valence-electron chi connectivity index (χ4n) is 3.29. The summed E-state index contributed by atoms with van der Waals surface area (Å²) in [5, 5.41) is 2.27. The van der Waals surface area contributed by atoms with Gasteiger partial charge in [0.1, 0.15) is 0 Å². The van der Waals surface area contributed by atoms with Crippen LogP contribution < -0.4 is 0 Å². The highest BCUT2D eigenvalue weighted by Gasteiger charge is 2.28. The smallest absolute Gasteiger partial charge is 0.310 e. The van der Waals surface area contributed by atoms with Gasteiger partial charge in [-0.25, -0.2) is 0 Å². The SMILES string of the molecule is CCOC(=O)C1CCCN(C(=O)/C=C/c2cccc3ccccc23)C1. The zero-order chi connectivity index (χ0) is 17.6. The maximum atomic E-state index is 12.5. The van der Waals surface area contributed by atoms with Gasteiger partial charge in [-0.15, -0.1) is 0 Å². The Morgan fingerprint density at radius 3 is 2.84 bits per heavy atom. The van der Waals surface area contributed by atoms with E-state index in [0.29, 0.717) is 19.7 Å². The van der Waals surface area contributed by atoms with Crippen LogP contribution in [0.5, 0.6) is 0 Å². The first-order valence-corrected chi connectivity index (χ1v) is 8.80. The third-order valence-electron chi connectivity index (χ3n) is 4.58. The van der Waals surface area contributed by atoms with Crippen molar-refractivity contribution in [1.82, 2.24) is 4.90 Å². The van der Waals surface area contributed by atoms with Gasteiger partial charge in [0.25, 0.3) is 0 Å². The monoisotopic (exact) mass is 337 g/mol. The van der Waals surface area contributed by atoms with Crippen molar-refractivity contribution in [3.05, 3.63) is 54.1 Å². The summed E-state index contributed by atoms with van der Waals surface area (Å²) in [6, 6.07) is 14.2. The largest absolute Gasteiger partial charge is 0.466 e. The number of rotatable bonds is 4. The molecule has 25 heavy (non-hydrogen) atoms. The Hall–Kier alpha value is -2.62. The number of fused-ring (bicyclic) bond motifs is 1. The lowest BCUT2D eigenvalue weighted by atomic mass is 9.98. The summed E-state index contributed by atoms with van der Waals surface area (Å²) in [7, 11) is 0. The van der Waals surface area contributed by atoms with E-state index in [4.69, 9.17) is 4.74 Å². The van der Waals surface area contributed by atoms with Gasteiger partial charge >= 0.3 is 5.97 Å². The van der Waals surface area contributed by atoms with Crippen LogP contribution in [-0.4, -0.2) is 36.5 Å². The second-order valence-corrected chi connectivity index (χ2v) is 6.28. The van der Waals surface area contributed by atoms with Crippen LogP contribution in [0.4, 0.5) is 0 Å². The fraction of sp³-hybridized carbons (Fsp3) is 0.333. The normalized spacial score (nSPS) is 17.8. The van der Waals surface area contributed by atoms with Gasteiger partial charge < -0.3 is 9.64 Å². The molecule has 3 rings (SSSR count). The molecule has 1 aliphatic heterocycles. The second kappa shape index (κ2) is 7.97. The number of esters is 1. The molecule has 4 nitrogen and oxygen atoms in total. The van der Waals surface area contributed by atoms with Crippen LogP contribution >= 0.6 is 0 Å². The molecule has 0 aromatic heterocycles. The van der Waals surface area contributed by atoms with Crippen LogP contribution in [0.2, 0.25) is 0 Å². The van der Waals surface area contributed by atoms with Gasteiger partial charge in [0.15, 0.2) is 0 Å². The Balaban J connectivity index is 1.70. The number of likely N-dealkylation sites (tertiary alicyclic amines) is 1. The van der Waals surface area contributed by atoms with Crippen LogP contribution in [0, 0.1) is 5.92 Å². The van der Waals surface area contributed by atoms with E-state index in [1.165, 1.54) is 0 Å². The average molecular weight is 337 g/mol. The molecule has 1 saturated heterocycles. The van der Waals surface area contributed by atoms with Gasteiger partial charge in [-0.3, -0.25) is 9.59 Å². The number of nitrogens with zero attached hydrogens (tertiary/aromatic N) is 1. The average Bonchev–Trinajstić information content (AvgIpc) is 2.66. The Kier molecular flexibility index (Phi) is 5.49. The number of benzene rings is 2. The zero-order valence-corrected chi connectivity index (χ0v) is 14.5. The zero-order valence-electron chi connectivity index (χ0n) is 14.5. The molecule has 0 radical (unpaired) electrons. The van der Waals surface area contributed by atoms with Crippen LogP contribution in [0.15, 0.2) is 48.5 Å². The van der Waals surface area contributed by atoms with Crippen molar-refractivity contribution in [2.24, 2.45) is 5.92 Å². The van der Waals surface area contributed by atoms with Crippen LogP contribution in [0.3, 0.4) is 0 Å². The van der Waals surface area contributed by atoms with Crippen molar-refractivity contribution in [2.45, 2.75) is 19.8 Å². The predicted molar refractivity (Wildman–Crippen MR) is 98.9 cm³/mol. The first-order valence-electron chi connectivity index (χ1n) is 8.80. The second-order valence-electron chi connectivity index (χ2n) is 6.28. The minimum Gasteiger partial charge on any atom is -0.466 e. The molecule has 4 heteroatoms. The van der Waals surface area contributed by atoms with Crippen molar-refractivity contribution in [3.8, 4) is 0 Å². The lowest BCUT2D eigenvalue weighted by Gasteiger charge is -2.30. The molecule has 0 spiro atoms. The molecule has 0 saturated carbocycles. The van der Waals surface area contributed by atoms with E-state index < -0.39 is 0 Å². The standard InChI is InChI=1S/C21H23NO3/c1-2-25-21(24)18-10-6-14-22(15-18)20(23)13-12-17-9-5-8-16-7-3-4-11-19(16)17/h3-5,7-9,11-13,18H,2,6,10,14-15H2,1H3/b13-12+. The van der Waals surface area contributed by atoms with Gasteiger partial charge in [0.05, 0.1) is 12.5 Å². The Labute approximate surface area is 148 Å². The van der Waals surface area contributed by atoms with Gasteiger partial charge in [-0.2, -0.15) is 0 Å². The van der Waals surface area contributed by atoms with E-state index in [0.717, 1.165) is 29.2 Å². The molecular formula is C21H23NO3. The molecule has 1 aliphatic rings. The maximum Gasteiger partial charge on any atom is 0.310 e. The first kappa shape index (κ1) is 17.2. The summed E-state index contributed by atoms with van der Waals surface area (Å²) in [5.74, 6) is -0.455. The third-order valence-corrected chi connectivity index (χ3v) is 4.58. The number of piperidine rings is 1. The highest BCUT2D eigenvalue weighted by Crippen LogP contribution is 2.21. The molecular weight excluding hydrogens is 314 g/mol. The van der Waals surface area contributed by atoms with Crippen LogP contribution in [0.1, 0.15) is 25.3 Å². The topological polar surface area (TPSA) is 46.6 Å². The van der Waals surface area contributed by atoms with Gasteiger partial charge in [-0.1, -0.05) is 42.5 Å². The molecule has 1 atom stereocenters. The molecule has 2 aromatic carbocycles. The number of hydrogen-bond donors (Lipinski definition) is 0. The predicted octanol–water partition coefficient (Wildman–Crippen LogP) is 3.65. The van der Waals surface area contributed by atoms with Crippen molar-refractivity contribution in [1.29, 1.82) is 0 Å². The third kappa shape index (κ3) is 4.08. The molecule has 1 heterocycles. The van der Waals surface area contributed by atoms with Crippen molar-refractivity contribution in [3.63, 3.8) is 0 Å². The molecule has 0 N–H and O–H groups in total. The van der Waals surface area contributed by atoms with Gasteiger partial charge in [0, 0.05) is 19.2 Å². The van der Waals surface area contributed by atoms with Crippen LogP contribution in [-0.2, 0) is 14.3 Å². The number of amides is 1. The van der Waals surface area contributed by atoms with Gasteiger partial charge in [0.2, 0.25) is 5.91 Å². The summed E-state index contributed by atoms with van der Waals surface area (Å²) in [6.07, 6.45) is 5.08. The fourth-order valence-corrected chi connectivity index (χ4v) is 3.29. The molecule has 130 valence electrons. The summed E-state index contributed by atoms with van der Waals surface area (Å²) < 4.78 is 5.09. The number of carbonyl (C=O) groups excluding carboxylic acids is 2. The van der Waals surface area contributed by atoms with E-state index in [1.54, 1.807) is 17.9 Å². The van der Waals surface area contributed by atoms with Crippen LogP contribution in [0.25, 0.3) is 16.8 Å². The molecule has 1 fully saturated rings. The van der Waals surface area contributed by atoms with Crippen molar-refractivity contribution >= 4 is 28.7 Å². The summed E-state index contributed by atoms with van der Waals surface area (Å²) in [5.41, 5.74) is 1.02. The number of ether oxygens (including phenoxy) is 1. The minimum absolute atomic E-state index is 0.0538. The summed E-state index contributed by atoms with van der Waals surface area (Å²) in [6.45, 7) is 3.31. The minimum atomic E-state index is -0.205. The lowest BCUT2D eigenvalue weighted by Crippen LogP contribution is -2.42. The first-order chi connectivity index (χ1) is 12.2. The lowest BCUT2D eigenvalue weighted by molar-refractivity contribution is -0.150. The van der Waals surface area contributed by atoms with E-state index in [1.807, 2.05) is 30.3 Å². The molecule has 0 aliphatic carbocycles. The van der Waals surface area contributed by atoms with E-state index in [9.17, 15) is 9.59 Å². The summed E-state index contributed by atoms with van der Waals surface area (Å²) in [4.78, 5) is 26.2. The van der Waals surface area contributed by atoms with E-state index >= 15 is 0 Å². The quantitative estimate of drug-likeness (QED) is 0.632. The highest BCUT2D eigenvalue weighted by molar-refractivity contribution is 5.97. The van der Waals surface area contributed by atoms with Crippen molar-refractivity contribution < 1.29 is 14.3 Å². The molecule has 0 bridgehead atoms. The van der Waals surface area contributed by atoms with Gasteiger partial charge in [-0.05, 0) is 42.2 Å². The number of hydrogen-bond acceptors (Lipinski definition) is 3. The Morgan fingerprint density at radius 2 is 2.00 bits per heavy atom. The Bertz CT molecular complexity index is 791. The maximum absolute atomic E-state index is 12.5. The van der Waals surface area contributed by atoms with E-state index in [-0.39, 0.29) is 17.8 Å². The van der Waals surface area contributed by atoms with Crippen molar-refractivity contribution in [2.75, 3.05) is 19.7 Å². The number of carbonyl (C=O) groups is 2. The highest BCUT2D eigenvalue weighted by atomic mass is 16.5. The molecule has 2 aromatic rings. The molecule has 1 amide bonds. The summed E-state index contributed by atoms with van der Waals surface area (Å²) >= 11 is 0. The molecule has 1 unspecified atom stereocenters.